The van der Waals surface area contributed by atoms with E-state index in [0.29, 0.717) is 12.5 Å². The molecule has 1 saturated heterocycles. The molecule has 1 aliphatic heterocycles. The number of nitrogens with one attached hydrogen (secondary N) is 1. The highest BCUT2D eigenvalue weighted by Crippen LogP contribution is 2.18. The summed E-state index contributed by atoms with van der Waals surface area (Å²) in [6, 6.07) is 10.3. The number of amides is 1. The Bertz CT molecular complexity index is 452. The van der Waals surface area contributed by atoms with Crippen LogP contribution in [0.5, 0.6) is 0 Å². The van der Waals surface area contributed by atoms with Crippen LogP contribution in [0.25, 0.3) is 0 Å². The van der Waals surface area contributed by atoms with Gasteiger partial charge in [-0.25, -0.2) is 0 Å². The highest BCUT2D eigenvalue weighted by atomic mass is 35.5. The smallest absolute Gasteiger partial charge is 0.234 e. The summed E-state index contributed by atoms with van der Waals surface area (Å²) in [5.41, 5.74) is 7.13. The highest BCUT2D eigenvalue weighted by molar-refractivity contribution is 5.85. The van der Waals surface area contributed by atoms with E-state index in [9.17, 15) is 4.79 Å². The Morgan fingerprint density at radius 3 is 2.68 bits per heavy atom. The Labute approximate surface area is 139 Å². The lowest BCUT2D eigenvalue weighted by Crippen LogP contribution is -2.46. The third-order valence-corrected chi connectivity index (χ3v) is 4.33. The molecule has 3 unspecified atom stereocenters. The van der Waals surface area contributed by atoms with Crippen LogP contribution in [0.3, 0.4) is 0 Å². The molecule has 4 nitrogen and oxygen atoms in total. The maximum Gasteiger partial charge on any atom is 0.234 e. The Kier molecular flexibility index (Phi) is 7.87. The van der Waals surface area contributed by atoms with Gasteiger partial charge in [0.25, 0.3) is 0 Å². The van der Waals surface area contributed by atoms with Crippen molar-refractivity contribution in [1.29, 1.82) is 0 Å². The van der Waals surface area contributed by atoms with Crippen molar-refractivity contribution in [1.82, 2.24) is 10.2 Å². The molecule has 22 heavy (non-hydrogen) atoms. The van der Waals surface area contributed by atoms with E-state index in [4.69, 9.17) is 5.73 Å². The molecule has 1 aliphatic rings. The van der Waals surface area contributed by atoms with Gasteiger partial charge in [0.15, 0.2) is 0 Å². The standard InChI is InChI=1S/C17H27N3O.ClH/c1-13(18)16-9-6-10-20(11-16)12-17(21)19-14(2)15-7-4-3-5-8-15;/h3-5,7-8,13-14,16H,6,9-12,18H2,1-2H3,(H,19,21);1H. The molecule has 0 spiro atoms. The Balaban J connectivity index is 0.00000242. The number of carbonyl (C=O) groups excluding carboxylic acids is 1. The van der Waals surface area contributed by atoms with Gasteiger partial charge in [-0.2, -0.15) is 0 Å². The van der Waals surface area contributed by atoms with Crippen LogP contribution in [0.2, 0.25) is 0 Å². The van der Waals surface area contributed by atoms with Crippen molar-refractivity contribution in [2.75, 3.05) is 19.6 Å². The van der Waals surface area contributed by atoms with E-state index in [0.717, 1.165) is 25.1 Å². The molecule has 0 saturated carbocycles. The van der Waals surface area contributed by atoms with Gasteiger partial charge in [0.05, 0.1) is 12.6 Å². The van der Waals surface area contributed by atoms with Crippen molar-refractivity contribution in [2.45, 2.75) is 38.8 Å². The maximum atomic E-state index is 12.2. The van der Waals surface area contributed by atoms with Crippen LogP contribution in [0.4, 0.5) is 0 Å². The van der Waals surface area contributed by atoms with Crippen molar-refractivity contribution in [3.8, 4) is 0 Å². The minimum absolute atomic E-state index is 0. The van der Waals surface area contributed by atoms with E-state index in [1.165, 1.54) is 6.42 Å². The Morgan fingerprint density at radius 1 is 1.36 bits per heavy atom. The van der Waals surface area contributed by atoms with E-state index < -0.39 is 0 Å². The number of hydrogen-bond donors (Lipinski definition) is 2. The molecule has 3 atom stereocenters. The van der Waals surface area contributed by atoms with Crippen molar-refractivity contribution >= 4 is 18.3 Å². The summed E-state index contributed by atoms with van der Waals surface area (Å²) in [5, 5.41) is 3.08. The molecule has 124 valence electrons. The average molecular weight is 326 g/mol. The van der Waals surface area contributed by atoms with Crippen molar-refractivity contribution in [2.24, 2.45) is 11.7 Å². The van der Waals surface area contributed by atoms with Gasteiger partial charge in [-0.05, 0) is 44.7 Å². The van der Waals surface area contributed by atoms with Crippen LogP contribution in [0.1, 0.15) is 38.3 Å². The first-order chi connectivity index (χ1) is 10.1. The fraction of sp³-hybridized carbons (Fsp3) is 0.588. The lowest BCUT2D eigenvalue weighted by molar-refractivity contribution is -0.123. The minimum Gasteiger partial charge on any atom is -0.348 e. The number of nitrogens with two attached hydrogens (primary N) is 1. The Hall–Kier alpha value is -1.10. The second-order valence-electron chi connectivity index (χ2n) is 6.20. The van der Waals surface area contributed by atoms with Crippen LogP contribution in [-0.2, 0) is 4.79 Å². The van der Waals surface area contributed by atoms with Gasteiger partial charge in [0.1, 0.15) is 0 Å². The SMILES string of the molecule is CC(NC(=O)CN1CCCC(C(C)N)C1)c1ccccc1.Cl. The van der Waals surface area contributed by atoms with Gasteiger partial charge in [-0.1, -0.05) is 30.3 Å². The zero-order valence-corrected chi connectivity index (χ0v) is 14.3. The number of benzene rings is 1. The molecule has 0 aliphatic carbocycles. The Morgan fingerprint density at radius 2 is 2.05 bits per heavy atom. The fourth-order valence-electron chi connectivity index (χ4n) is 2.98. The lowest BCUT2D eigenvalue weighted by Gasteiger charge is -2.34. The average Bonchev–Trinajstić information content (AvgIpc) is 2.48. The van der Waals surface area contributed by atoms with E-state index in [2.05, 4.69) is 17.1 Å². The summed E-state index contributed by atoms with van der Waals surface area (Å²) in [5.74, 6) is 0.606. The summed E-state index contributed by atoms with van der Waals surface area (Å²) in [6.07, 6.45) is 2.31. The predicted octanol–water partition coefficient (Wildman–Crippen LogP) is 2.34. The molecule has 0 aromatic heterocycles. The molecule has 0 radical (unpaired) electrons. The van der Waals surface area contributed by atoms with Crippen LogP contribution in [0, 0.1) is 5.92 Å². The fourth-order valence-corrected chi connectivity index (χ4v) is 2.98. The van der Waals surface area contributed by atoms with Crippen LogP contribution in [0.15, 0.2) is 30.3 Å². The summed E-state index contributed by atoms with van der Waals surface area (Å²) < 4.78 is 0. The number of halogens is 1. The maximum absolute atomic E-state index is 12.2. The largest absolute Gasteiger partial charge is 0.348 e. The minimum atomic E-state index is 0. The van der Waals surface area contributed by atoms with Gasteiger partial charge in [0, 0.05) is 12.6 Å². The second-order valence-corrected chi connectivity index (χ2v) is 6.20. The van der Waals surface area contributed by atoms with Crippen LogP contribution in [-0.4, -0.2) is 36.5 Å². The summed E-state index contributed by atoms with van der Waals surface area (Å²) in [7, 11) is 0. The molecule has 1 aromatic carbocycles. The van der Waals surface area contributed by atoms with Crippen LogP contribution >= 0.6 is 12.4 Å². The normalized spacial score (nSPS) is 21.5. The summed E-state index contributed by atoms with van der Waals surface area (Å²) in [6.45, 7) is 6.49. The zero-order valence-electron chi connectivity index (χ0n) is 13.5. The third kappa shape index (κ3) is 5.59. The number of nitrogens with zero attached hydrogens (tertiary/aromatic N) is 1. The first-order valence-corrected chi connectivity index (χ1v) is 7.88. The molecule has 1 heterocycles. The van der Waals surface area contributed by atoms with E-state index in [1.54, 1.807) is 0 Å². The van der Waals surface area contributed by atoms with E-state index in [-0.39, 0.29) is 30.4 Å². The first-order valence-electron chi connectivity index (χ1n) is 7.88. The molecule has 2 rings (SSSR count). The quantitative estimate of drug-likeness (QED) is 0.873. The summed E-state index contributed by atoms with van der Waals surface area (Å²) >= 11 is 0. The lowest BCUT2D eigenvalue weighted by atomic mass is 9.92. The number of piperidine rings is 1. The topological polar surface area (TPSA) is 58.4 Å². The van der Waals surface area contributed by atoms with Gasteiger partial charge >= 0.3 is 0 Å². The number of hydrogen-bond acceptors (Lipinski definition) is 3. The highest BCUT2D eigenvalue weighted by Gasteiger charge is 2.24. The number of likely N-dealkylation sites (tertiary alicyclic amines) is 1. The molecular weight excluding hydrogens is 298 g/mol. The first kappa shape index (κ1) is 18.9. The van der Waals surface area contributed by atoms with Crippen LogP contribution < -0.4 is 11.1 Å². The third-order valence-electron chi connectivity index (χ3n) is 4.33. The molecule has 1 amide bonds. The monoisotopic (exact) mass is 325 g/mol. The van der Waals surface area contributed by atoms with Gasteiger partial charge in [-0.15, -0.1) is 12.4 Å². The van der Waals surface area contributed by atoms with Crippen molar-refractivity contribution in [3.05, 3.63) is 35.9 Å². The van der Waals surface area contributed by atoms with Crippen molar-refractivity contribution < 1.29 is 4.79 Å². The van der Waals surface area contributed by atoms with Gasteiger partial charge in [-0.3, -0.25) is 9.69 Å². The molecular formula is C17H28ClN3O. The second kappa shape index (κ2) is 9.13. The molecule has 5 heteroatoms. The van der Waals surface area contributed by atoms with E-state index >= 15 is 0 Å². The zero-order chi connectivity index (χ0) is 15.2. The van der Waals surface area contributed by atoms with Crippen molar-refractivity contribution in [3.63, 3.8) is 0 Å². The molecule has 1 aromatic rings. The van der Waals surface area contributed by atoms with Gasteiger partial charge in [0.2, 0.25) is 5.91 Å². The van der Waals surface area contributed by atoms with Gasteiger partial charge < -0.3 is 11.1 Å². The predicted molar refractivity (Wildman–Crippen MR) is 93.1 cm³/mol. The number of carbonyl (C=O) groups is 1. The van der Waals surface area contributed by atoms with E-state index in [1.807, 2.05) is 37.3 Å². The number of rotatable bonds is 5. The molecule has 0 bridgehead atoms. The molecule has 3 N–H and O–H groups in total. The molecule has 1 fully saturated rings. The summed E-state index contributed by atoms with van der Waals surface area (Å²) in [4.78, 5) is 14.4.